The third kappa shape index (κ3) is 5.96. The monoisotopic (exact) mass is 587 g/mol. The molecule has 0 bridgehead atoms. The van der Waals surface area contributed by atoms with Crippen molar-refractivity contribution in [1.29, 1.82) is 0 Å². The molecular weight excluding hydrogens is 564 g/mol. The van der Waals surface area contributed by atoms with E-state index in [2.05, 4.69) is 10.6 Å². The third-order valence-electron chi connectivity index (χ3n) is 6.21. The first-order valence-electron chi connectivity index (χ1n) is 12.5. The van der Waals surface area contributed by atoms with Crippen LogP contribution in [-0.4, -0.2) is 31.9 Å². The number of imide groups is 1. The van der Waals surface area contributed by atoms with Gasteiger partial charge in [0.15, 0.2) is 0 Å². The van der Waals surface area contributed by atoms with Gasteiger partial charge in [-0.2, -0.15) is 0 Å². The maximum absolute atomic E-state index is 13.7. The standard InChI is InChI=1S/C31H23F2N3O5S/c1-40-23-14-15-25(26(17-23)41-2)35-27-28(31(39)36(30(27)38)22-12-10-20(33)11-13-22)42-24-5-3-4-21(16-24)34-29(37)18-6-8-19(32)9-7-18/h3-17,35H,1-2H3,(H,34,37). The van der Waals surface area contributed by atoms with Gasteiger partial charge in [0.25, 0.3) is 17.7 Å². The molecule has 2 N–H and O–H groups in total. The normalized spacial score (nSPS) is 12.9. The Labute approximate surface area is 243 Å². The number of rotatable bonds is 9. The van der Waals surface area contributed by atoms with Gasteiger partial charge in [0.05, 0.1) is 25.6 Å². The molecule has 212 valence electrons. The summed E-state index contributed by atoms with van der Waals surface area (Å²) in [4.78, 5) is 41.6. The zero-order chi connectivity index (χ0) is 29.8. The minimum atomic E-state index is -0.646. The molecule has 0 radical (unpaired) electrons. The Bertz CT molecular complexity index is 1710. The van der Waals surface area contributed by atoms with Gasteiger partial charge < -0.3 is 20.1 Å². The molecule has 4 aromatic rings. The summed E-state index contributed by atoms with van der Waals surface area (Å²) in [5, 5.41) is 5.79. The van der Waals surface area contributed by atoms with Crippen LogP contribution in [0, 0.1) is 11.6 Å². The van der Waals surface area contributed by atoms with E-state index in [1.165, 1.54) is 50.6 Å². The molecule has 11 heteroatoms. The highest BCUT2D eigenvalue weighted by Gasteiger charge is 2.40. The molecule has 8 nitrogen and oxygen atoms in total. The van der Waals surface area contributed by atoms with Gasteiger partial charge in [-0.25, -0.2) is 13.7 Å². The first-order valence-corrected chi connectivity index (χ1v) is 13.3. The summed E-state index contributed by atoms with van der Waals surface area (Å²) in [6.45, 7) is 0. The molecule has 0 unspecified atom stereocenters. The van der Waals surface area contributed by atoms with Crippen LogP contribution in [0.5, 0.6) is 11.5 Å². The second-order valence-corrected chi connectivity index (χ2v) is 9.99. The average Bonchev–Trinajstić information content (AvgIpc) is 3.22. The van der Waals surface area contributed by atoms with Crippen molar-refractivity contribution in [2.24, 2.45) is 0 Å². The first-order chi connectivity index (χ1) is 20.3. The summed E-state index contributed by atoms with van der Waals surface area (Å²) in [5.41, 5.74) is 1.28. The summed E-state index contributed by atoms with van der Waals surface area (Å²) in [6, 6.07) is 21.8. The molecule has 0 spiro atoms. The van der Waals surface area contributed by atoms with Crippen molar-refractivity contribution >= 4 is 46.5 Å². The molecule has 1 aliphatic rings. The number of nitrogens with one attached hydrogen (secondary N) is 2. The summed E-state index contributed by atoms with van der Waals surface area (Å²) in [5.74, 6) is -1.78. The van der Waals surface area contributed by atoms with Gasteiger partial charge in [0, 0.05) is 22.2 Å². The van der Waals surface area contributed by atoms with E-state index in [4.69, 9.17) is 9.47 Å². The molecule has 42 heavy (non-hydrogen) atoms. The van der Waals surface area contributed by atoms with Crippen LogP contribution in [0.1, 0.15) is 10.4 Å². The van der Waals surface area contributed by atoms with E-state index >= 15 is 0 Å². The van der Waals surface area contributed by atoms with E-state index in [0.29, 0.717) is 27.8 Å². The van der Waals surface area contributed by atoms with Crippen LogP contribution in [0.2, 0.25) is 0 Å². The lowest BCUT2D eigenvalue weighted by atomic mass is 10.2. The molecular formula is C31H23F2N3O5S. The summed E-state index contributed by atoms with van der Waals surface area (Å²) in [6.07, 6.45) is 0. The summed E-state index contributed by atoms with van der Waals surface area (Å²) >= 11 is 1.02. The van der Waals surface area contributed by atoms with E-state index in [9.17, 15) is 23.2 Å². The SMILES string of the molecule is COc1ccc(NC2=C(Sc3cccc(NC(=O)c4ccc(F)cc4)c3)C(=O)N(c3ccc(F)cc3)C2=O)c(OC)c1. The smallest absolute Gasteiger partial charge is 0.283 e. The van der Waals surface area contributed by atoms with Crippen LogP contribution >= 0.6 is 11.8 Å². The lowest BCUT2D eigenvalue weighted by molar-refractivity contribution is -0.120. The van der Waals surface area contributed by atoms with E-state index in [0.717, 1.165) is 28.8 Å². The molecule has 0 aliphatic carbocycles. The number of methoxy groups -OCH3 is 2. The number of thioether (sulfide) groups is 1. The predicted octanol–water partition coefficient (Wildman–Crippen LogP) is 6.22. The highest BCUT2D eigenvalue weighted by atomic mass is 32.2. The van der Waals surface area contributed by atoms with Crippen LogP contribution in [0.4, 0.5) is 25.8 Å². The number of nitrogens with zero attached hydrogens (tertiary/aromatic N) is 1. The second kappa shape index (κ2) is 12.1. The van der Waals surface area contributed by atoms with Crippen LogP contribution in [0.3, 0.4) is 0 Å². The fourth-order valence-corrected chi connectivity index (χ4v) is 5.12. The van der Waals surface area contributed by atoms with Gasteiger partial charge in [-0.3, -0.25) is 14.4 Å². The fourth-order valence-electron chi connectivity index (χ4n) is 4.14. The Kier molecular flexibility index (Phi) is 8.21. The molecule has 5 rings (SSSR count). The molecule has 0 saturated heterocycles. The number of hydrogen-bond donors (Lipinski definition) is 2. The van der Waals surface area contributed by atoms with Crippen molar-refractivity contribution in [3.63, 3.8) is 0 Å². The zero-order valence-corrected chi connectivity index (χ0v) is 23.1. The molecule has 3 amide bonds. The van der Waals surface area contributed by atoms with Gasteiger partial charge in [-0.05, 0) is 78.9 Å². The molecule has 4 aromatic carbocycles. The van der Waals surface area contributed by atoms with Crippen LogP contribution < -0.4 is 25.0 Å². The van der Waals surface area contributed by atoms with Crippen molar-refractivity contribution in [3.05, 3.63) is 119 Å². The van der Waals surface area contributed by atoms with E-state index in [-0.39, 0.29) is 21.9 Å². The third-order valence-corrected chi connectivity index (χ3v) is 7.29. The average molecular weight is 588 g/mol. The molecule has 0 aromatic heterocycles. The quantitative estimate of drug-likeness (QED) is 0.224. The lowest BCUT2D eigenvalue weighted by Crippen LogP contribution is -2.32. The Balaban J connectivity index is 1.48. The van der Waals surface area contributed by atoms with Gasteiger partial charge in [0.1, 0.15) is 33.7 Å². The predicted molar refractivity (Wildman–Crippen MR) is 156 cm³/mol. The number of carbonyl (C=O) groups is 3. The minimum Gasteiger partial charge on any atom is -0.497 e. The molecule has 1 heterocycles. The largest absolute Gasteiger partial charge is 0.497 e. The summed E-state index contributed by atoms with van der Waals surface area (Å²) < 4.78 is 37.6. The van der Waals surface area contributed by atoms with Crippen molar-refractivity contribution in [2.45, 2.75) is 4.90 Å². The van der Waals surface area contributed by atoms with Gasteiger partial charge in [-0.1, -0.05) is 17.8 Å². The summed E-state index contributed by atoms with van der Waals surface area (Å²) in [7, 11) is 2.97. The van der Waals surface area contributed by atoms with Gasteiger partial charge in [-0.15, -0.1) is 0 Å². The van der Waals surface area contributed by atoms with Gasteiger partial charge in [0.2, 0.25) is 0 Å². The van der Waals surface area contributed by atoms with E-state index < -0.39 is 29.4 Å². The maximum atomic E-state index is 13.7. The van der Waals surface area contributed by atoms with Gasteiger partial charge >= 0.3 is 0 Å². The second-order valence-electron chi connectivity index (χ2n) is 8.91. The molecule has 0 saturated carbocycles. The Hall–Kier alpha value is -5.16. The van der Waals surface area contributed by atoms with Crippen molar-refractivity contribution in [3.8, 4) is 11.5 Å². The molecule has 0 atom stereocenters. The first kappa shape index (κ1) is 28.4. The highest BCUT2D eigenvalue weighted by Crippen LogP contribution is 2.40. The van der Waals surface area contributed by atoms with E-state index in [1.54, 1.807) is 42.5 Å². The number of ether oxygens (including phenoxy) is 2. The van der Waals surface area contributed by atoms with E-state index in [1.807, 2.05) is 0 Å². The van der Waals surface area contributed by atoms with Crippen molar-refractivity contribution < 1.29 is 32.6 Å². The van der Waals surface area contributed by atoms with Crippen molar-refractivity contribution in [2.75, 3.05) is 29.8 Å². The fraction of sp³-hybridized carbons (Fsp3) is 0.0645. The molecule has 0 fully saturated rings. The van der Waals surface area contributed by atoms with Crippen molar-refractivity contribution in [1.82, 2.24) is 0 Å². The Morgan fingerprint density at radius 1 is 0.810 bits per heavy atom. The number of hydrogen-bond acceptors (Lipinski definition) is 7. The number of halogens is 2. The Morgan fingerprint density at radius 2 is 1.50 bits per heavy atom. The highest BCUT2D eigenvalue weighted by molar-refractivity contribution is 8.04. The lowest BCUT2D eigenvalue weighted by Gasteiger charge is -2.16. The zero-order valence-electron chi connectivity index (χ0n) is 22.3. The maximum Gasteiger partial charge on any atom is 0.283 e. The van der Waals surface area contributed by atoms with Crippen LogP contribution in [-0.2, 0) is 9.59 Å². The Morgan fingerprint density at radius 3 is 2.17 bits per heavy atom. The number of benzene rings is 4. The number of carbonyl (C=O) groups excluding carboxylic acids is 3. The number of anilines is 3. The topological polar surface area (TPSA) is 97.0 Å². The van der Waals surface area contributed by atoms with Crippen LogP contribution in [0.25, 0.3) is 0 Å². The molecule has 1 aliphatic heterocycles. The van der Waals surface area contributed by atoms with Crippen LogP contribution in [0.15, 0.2) is 106 Å². The number of amides is 3. The minimum absolute atomic E-state index is 0.0152.